The first-order valence-corrected chi connectivity index (χ1v) is 6.07. The van der Waals surface area contributed by atoms with Crippen molar-refractivity contribution in [1.82, 2.24) is 10.5 Å². The quantitative estimate of drug-likeness (QED) is 0.878. The van der Waals surface area contributed by atoms with Crippen LogP contribution in [0.2, 0.25) is 0 Å². The third kappa shape index (κ3) is 1.76. The number of amides is 1. The van der Waals surface area contributed by atoms with E-state index in [1.165, 1.54) is 0 Å². The van der Waals surface area contributed by atoms with Gasteiger partial charge in [0, 0.05) is 23.0 Å². The highest BCUT2D eigenvalue weighted by atomic mass is 79.9. The molecule has 0 fully saturated rings. The predicted octanol–water partition coefficient (Wildman–Crippen LogP) is 2.39. The Balaban J connectivity index is 2.12. The zero-order valence-corrected chi connectivity index (χ0v) is 10.5. The summed E-state index contributed by atoms with van der Waals surface area (Å²) in [5, 5.41) is 6.79. The van der Waals surface area contributed by atoms with Crippen molar-refractivity contribution in [2.24, 2.45) is 0 Å². The summed E-state index contributed by atoms with van der Waals surface area (Å²) in [6, 6.07) is 7.64. The van der Waals surface area contributed by atoms with E-state index in [2.05, 4.69) is 26.4 Å². The number of fused-ring (bicyclic) bond motifs is 1. The first-order chi connectivity index (χ1) is 8.25. The molecule has 86 valence electrons. The lowest BCUT2D eigenvalue weighted by atomic mass is 10.0. The Morgan fingerprint density at radius 1 is 1.29 bits per heavy atom. The summed E-state index contributed by atoms with van der Waals surface area (Å²) in [5.41, 5.74) is 2.07. The highest BCUT2D eigenvalue weighted by Crippen LogP contribution is 2.28. The Bertz CT molecular complexity index is 575. The van der Waals surface area contributed by atoms with Crippen LogP contribution in [0.15, 0.2) is 33.3 Å². The van der Waals surface area contributed by atoms with E-state index < -0.39 is 0 Å². The van der Waals surface area contributed by atoms with Gasteiger partial charge < -0.3 is 9.84 Å². The molecule has 5 heteroatoms. The van der Waals surface area contributed by atoms with Gasteiger partial charge in [-0.25, -0.2) is 0 Å². The minimum absolute atomic E-state index is 0.106. The molecule has 0 aliphatic carbocycles. The highest BCUT2D eigenvalue weighted by Gasteiger charge is 2.26. The minimum atomic E-state index is -0.106. The maximum absolute atomic E-state index is 11.8. The van der Waals surface area contributed by atoms with Crippen LogP contribution in [-0.4, -0.2) is 17.6 Å². The van der Waals surface area contributed by atoms with Gasteiger partial charge in [-0.05, 0) is 12.1 Å². The molecule has 0 spiro atoms. The van der Waals surface area contributed by atoms with Crippen LogP contribution in [0.25, 0.3) is 11.3 Å². The summed E-state index contributed by atoms with van der Waals surface area (Å²) in [7, 11) is 0. The van der Waals surface area contributed by atoms with Crippen molar-refractivity contribution in [3.8, 4) is 11.3 Å². The van der Waals surface area contributed by atoms with Crippen molar-refractivity contribution in [2.45, 2.75) is 6.42 Å². The number of hydrogen-bond donors (Lipinski definition) is 1. The van der Waals surface area contributed by atoms with Crippen LogP contribution < -0.4 is 5.32 Å². The van der Waals surface area contributed by atoms with E-state index in [1.807, 2.05) is 24.3 Å². The number of carbonyl (C=O) groups excluding carboxylic acids is 1. The number of halogens is 1. The molecule has 4 nitrogen and oxygen atoms in total. The molecule has 1 aromatic carbocycles. The molecule has 0 saturated heterocycles. The second kappa shape index (κ2) is 4.00. The van der Waals surface area contributed by atoms with Gasteiger partial charge in [0.15, 0.2) is 5.76 Å². The number of benzene rings is 1. The number of carbonyl (C=O) groups is 1. The summed E-state index contributed by atoms with van der Waals surface area (Å²) in [4.78, 5) is 11.8. The largest absolute Gasteiger partial charge is 0.360 e. The molecule has 0 radical (unpaired) electrons. The van der Waals surface area contributed by atoms with Gasteiger partial charge in [0.25, 0.3) is 5.91 Å². The maximum Gasteiger partial charge on any atom is 0.257 e. The van der Waals surface area contributed by atoms with Crippen LogP contribution in [0.5, 0.6) is 0 Å². The maximum atomic E-state index is 11.8. The average Bonchev–Trinajstić information content (AvgIpc) is 2.75. The summed E-state index contributed by atoms with van der Waals surface area (Å²) in [6.45, 7) is 0.612. The molecular weight excluding hydrogens is 284 g/mol. The summed E-state index contributed by atoms with van der Waals surface area (Å²) in [5.74, 6) is 0.567. The number of rotatable bonds is 1. The standard InChI is InChI=1S/C12H9BrN2O2/c13-8-3-1-7(2-4-8)11-10-9(17-15-11)5-6-14-12(10)16/h1-4H,5-6H2,(H,14,16). The first kappa shape index (κ1) is 10.5. The Morgan fingerprint density at radius 2 is 2.06 bits per heavy atom. The van der Waals surface area contributed by atoms with Gasteiger partial charge in [-0.3, -0.25) is 4.79 Å². The lowest BCUT2D eigenvalue weighted by molar-refractivity contribution is 0.0943. The van der Waals surface area contributed by atoms with E-state index >= 15 is 0 Å². The van der Waals surface area contributed by atoms with Gasteiger partial charge in [0.2, 0.25) is 0 Å². The molecule has 0 saturated carbocycles. The fraction of sp³-hybridized carbons (Fsp3) is 0.167. The first-order valence-electron chi connectivity index (χ1n) is 5.28. The van der Waals surface area contributed by atoms with Crippen LogP contribution in [0, 0.1) is 0 Å². The van der Waals surface area contributed by atoms with Crippen LogP contribution in [0.3, 0.4) is 0 Å². The van der Waals surface area contributed by atoms with E-state index in [4.69, 9.17) is 4.52 Å². The Labute approximate surface area is 106 Å². The molecule has 17 heavy (non-hydrogen) atoms. The van der Waals surface area contributed by atoms with Gasteiger partial charge in [0.05, 0.1) is 0 Å². The van der Waals surface area contributed by atoms with E-state index in [-0.39, 0.29) is 5.91 Å². The number of aromatic nitrogens is 1. The molecule has 1 aliphatic heterocycles. The second-order valence-electron chi connectivity index (χ2n) is 3.84. The molecule has 2 heterocycles. The number of nitrogens with one attached hydrogen (secondary N) is 1. The van der Waals surface area contributed by atoms with E-state index in [0.717, 1.165) is 10.0 Å². The molecule has 1 aromatic heterocycles. The molecular formula is C12H9BrN2O2. The SMILES string of the molecule is O=C1NCCc2onc(-c3ccc(Br)cc3)c21. The van der Waals surface area contributed by atoms with E-state index in [0.29, 0.717) is 30.0 Å². The minimum Gasteiger partial charge on any atom is -0.360 e. The third-order valence-corrected chi connectivity index (χ3v) is 3.27. The summed E-state index contributed by atoms with van der Waals surface area (Å²) >= 11 is 3.37. The summed E-state index contributed by atoms with van der Waals surface area (Å²) < 4.78 is 6.21. The lowest BCUT2D eigenvalue weighted by Crippen LogP contribution is -2.31. The van der Waals surface area contributed by atoms with E-state index in [1.54, 1.807) is 0 Å². The van der Waals surface area contributed by atoms with Crippen molar-refractivity contribution in [2.75, 3.05) is 6.54 Å². The molecule has 1 N–H and O–H groups in total. The van der Waals surface area contributed by atoms with Crippen molar-refractivity contribution in [3.63, 3.8) is 0 Å². The average molecular weight is 293 g/mol. The highest BCUT2D eigenvalue weighted by molar-refractivity contribution is 9.10. The fourth-order valence-corrected chi connectivity index (χ4v) is 2.18. The summed E-state index contributed by atoms with van der Waals surface area (Å²) in [6.07, 6.45) is 0.699. The topological polar surface area (TPSA) is 55.1 Å². The van der Waals surface area contributed by atoms with Crippen molar-refractivity contribution in [3.05, 3.63) is 40.1 Å². The van der Waals surface area contributed by atoms with Gasteiger partial charge in [-0.2, -0.15) is 0 Å². The lowest BCUT2D eigenvalue weighted by Gasteiger charge is -2.10. The molecule has 2 aromatic rings. The number of nitrogens with zero attached hydrogens (tertiary/aromatic N) is 1. The Kier molecular flexibility index (Phi) is 2.48. The van der Waals surface area contributed by atoms with Crippen LogP contribution >= 0.6 is 15.9 Å². The Morgan fingerprint density at radius 3 is 2.82 bits per heavy atom. The number of hydrogen-bond acceptors (Lipinski definition) is 3. The van der Waals surface area contributed by atoms with Gasteiger partial charge in [-0.1, -0.05) is 33.2 Å². The molecule has 1 amide bonds. The Hall–Kier alpha value is -1.62. The van der Waals surface area contributed by atoms with Crippen molar-refractivity contribution in [1.29, 1.82) is 0 Å². The smallest absolute Gasteiger partial charge is 0.257 e. The van der Waals surface area contributed by atoms with Gasteiger partial charge in [-0.15, -0.1) is 0 Å². The van der Waals surface area contributed by atoms with Crippen molar-refractivity contribution >= 4 is 21.8 Å². The van der Waals surface area contributed by atoms with Crippen molar-refractivity contribution < 1.29 is 9.32 Å². The normalized spacial score (nSPS) is 14.3. The van der Waals surface area contributed by atoms with Crippen LogP contribution in [0.4, 0.5) is 0 Å². The molecule has 0 unspecified atom stereocenters. The third-order valence-electron chi connectivity index (χ3n) is 2.75. The monoisotopic (exact) mass is 292 g/mol. The van der Waals surface area contributed by atoms with E-state index in [9.17, 15) is 4.79 Å². The molecule has 3 rings (SSSR count). The second-order valence-corrected chi connectivity index (χ2v) is 4.76. The van der Waals surface area contributed by atoms with Gasteiger partial charge in [0.1, 0.15) is 11.3 Å². The van der Waals surface area contributed by atoms with Gasteiger partial charge >= 0.3 is 0 Å². The van der Waals surface area contributed by atoms with Crippen LogP contribution in [0.1, 0.15) is 16.1 Å². The van der Waals surface area contributed by atoms with Crippen LogP contribution in [-0.2, 0) is 6.42 Å². The fourth-order valence-electron chi connectivity index (χ4n) is 1.91. The predicted molar refractivity (Wildman–Crippen MR) is 65.7 cm³/mol. The zero-order valence-electron chi connectivity index (χ0n) is 8.87. The molecule has 0 bridgehead atoms. The molecule has 1 aliphatic rings. The molecule has 0 atom stereocenters. The zero-order chi connectivity index (χ0) is 11.8.